The van der Waals surface area contributed by atoms with Gasteiger partial charge in [-0.25, -0.2) is 9.19 Å². The highest BCUT2D eigenvalue weighted by Gasteiger charge is 2.09. The Balaban J connectivity index is 2.38. The lowest BCUT2D eigenvalue weighted by Crippen LogP contribution is -2.12. The summed E-state index contributed by atoms with van der Waals surface area (Å²) in [7, 11) is 1.70. The fourth-order valence-electron chi connectivity index (χ4n) is 1.47. The van der Waals surface area contributed by atoms with Crippen LogP contribution in [0.4, 0.5) is 17.2 Å². The second kappa shape index (κ2) is 6.18. The fraction of sp³-hybridized carbons (Fsp3) is 0.0909. The van der Waals surface area contributed by atoms with E-state index in [-0.39, 0.29) is 17.1 Å². The summed E-state index contributed by atoms with van der Waals surface area (Å²) in [5.41, 5.74) is 1.45. The molecular weight excluding hydrogens is 307 g/mol. The molecule has 0 aliphatic rings. The Kier molecular flexibility index (Phi) is 4.57. The molecule has 0 aliphatic heterocycles. The molecule has 5 nitrogen and oxygen atoms in total. The van der Waals surface area contributed by atoms with Crippen molar-refractivity contribution < 1.29 is 4.21 Å². The van der Waals surface area contributed by atoms with Gasteiger partial charge in [0.25, 0.3) is 0 Å². The van der Waals surface area contributed by atoms with E-state index in [4.69, 9.17) is 23.2 Å². The van der Waals surface area contributed by atoms with E-state index in [0.29, 0.717) is 16.5 Å². The Morgan fingerprint density at radius 3 is 2.79 bits per heavy atom. The molecule has 100 valence electrons. The number of aromatic nitrogens is 2. The van der Waals surface area contributed by atoms with Gasteiger partial charge < -0.3 is 5.32 Å². The van der Waals surface area contributed by atoms with Gasteiger partial charge in [-0.2, -0.15) is 4.98 Å². The van der Waals surface area contributed by atoms with Crippen LogP contribution in [0, 0.1) is 0 Å². The van der Waals surface area contributed by atoms with E-state index < -0.39 is 0 Å². The first-order valence-corrected chi connectivity index (χ1v) is 6.75. The van der Waals surface area contributed by atoms with Gasteiger partial charge in [-0.3, -0.25) is 4.31 Å². The van der Waals surface area contributed by atoms with Gasteiger partial charge in [-0.1, -0.05) is 23.7 Å². The van der Waals surface area contributed by atoms with Crippen molar-refractivity contribution in [3.8, 4) is 0 Å². The fourth-order valence-corrected chi connectivity index (χ4v) is 2.00. The van der Waals surface area contributed by atoms with Crippen molar-refractivity contribution in [3.05, 3.63) is 40.8 Å². The number of halogens is 2. The molecule has 0 atom stereocenters. The molecule has 0 fully saturated rings. The second-order valence-electron chi connectivity index (χ2n) is 3.58. The first-order valence-electron chi connectivity index (χ1n) is 5.23. The van der Waals surface area contributed by atoms with Gasteiger partial charge in [0.05, 0.1) is 17.6 Å². The minimum atomic E-state index is -0.113. The monoisotopic (exact) mass is 316 g/mol. The number of hydrogen-bond acceptors (Lipinski definition) is 4. The molecule has 0 amide bonds. The molecule has 1 heterocycles. The van der Waals surface area contributed by atoms with E-state index in [9.17, 15) is 4.21 Å². The summed E-state index contributed by atoms with van der Waals surface area (Å²) in [4.78, 5) is 7.78. The summed E-state index contributed by atoms with van der Waals surface area (Å²) < 4.78 is 12.5. The highest BCUT2D eigenvalue weighted by atomic mass is 35.5. The zero-order valence-electron chi connectivity index (χ0n) is 9.84. The normalized spacial score (nSPS) is 10.3. The molecular formula is C11H10Cl2N4OS. The van der Waals surface area contributed by atoms with Crippen LogP contribution >= 0.6 is 23.2 Å². The average Bonchev–Trinajstić information content (AvgIpc) is 2.42. The van der Waals surface area contributed by atoms with E-state index in [1.54, 1.807) is 11.4 Å². The molecule has 19 heavy (non-hydrogen) atoms. The minimum Gasteiger partial charge on any atom is -0.337 e. The zero-order chi connectivity index (χ0) is 13.8. The molecule has 0 saturated carbocycles. The Hall–Kier alpha value is -1.37. The third-order valence-corrected chi connectivity index (χ3v) is 3.26. The topological polar surface area (TPSA) is 58.1 Å². The largest absolute Gasteiger partial charge is 0.337 e. The van der Waals surface area contributed by atoms with E-state index in [0.717, 1.165) is 5.69 Å². The third-order valence-electron chi connectivity index (χ3n) is 2.34. The van der Waals surface area contributed by atoms with Crippen molar-refractivity contribution in [2.24, 2.45) is 0 Å². The van der Waals surface area contributed by atoms with E-state index in [1.807, 2.05) is 24.3 Å². The van der Waals surface area contributed by atoms with Crippen LogP contribution in [-0.2, 0) is 11.9 Å². The smallest absolute Gasteiger partial charge is 0.224 e. The quantitative estimate of drug-likeness (QED) is 0.672. The van der Waals surface area contributed by atoms with Crippen LogP contribution in [-0.4, -0.2) is 21.2 Å². The van der Waals surface area contributed by atoms with Crippen molar-refractivity contribution in [1.29, 1.82) is 0 Å². The molecule has 0 radical (unpaired) electrons. The molecule has 1 aromatic carbocycles. The van der Waals surface area contributed by atoms with Crippen LogP contribution in [0.3, 0.4) is 0 Å². The Labute approximate surface area is 124 Å². The number of hydrogen-bond donors (Lipinski definition) is 2. The first kappa shape index (κ1) is 14.0. The molecule has 0 bridgehead atoms. The molecule has 0 unspecified atom stereocenters. The Bertz CT molecular complexity index is 611. The maximum Gasteiger partial charge on any atom is 0.224 e. The van der Waals surface area contributed by atoms with Crippen LogP contribution in [0.5, 0.6) is 0 Å². The summed E-state index contributed by atoms with van der Waals surface area (Å²) >= 11 is 11.6. The summed E-state index contributed by atoms with van der Waals surface area (Å²) in [5, 5.41) is 3.49. The number of nitrogens with zero attached hydrogens (tertiary/aromatic N) is 3. The lowest BCUT2D eigenvalue weighted by Gasteiger charge is -2.17. The standard InChI is InChI=1S/C11H10Cl2N4OS/c1-17(19-18)9-5-3-2-4-8(9)15-10-7(12)6-14-11(13)16-10/h2-6,19H,1H3,(H,14,15,16). The summed E-state index contributed by atoms with van der Waals surface area (Å²) in [5.74, 6) is 0.394. The Morgan fingerprint density at radius 2 is 2.05 bits per heavy atom. The summed E-state index contributed by atoms with van der Waals surface area (Å²) in [6.45, 7) is 0. The highest BCUT2D eigenvalue weighted by Crippen LogP contribution is 2.30. The number of anilines is 3. The van der Waals surface area contributed by atoms with Crippen LogP contribution in [0.15, 0.2) is 30.5 Å². The minimum absolute atomic E-state index is 0.0969. The number of rotatable bonds is 4. The average molecular weight is 317 g/mol. The van der Waals surface area contributed by atoms with Gasteiger partial charge in [0.1, 0.15) is 16.9 Å². The second-order valence-corrected chi connectivity index (χ2v) is 5.09. The molecule has 2 rings (SSSR count). The Morgan fingerprint density at radius 1 is 1.32 bits per heavy atom. The van der Waals surface area contributed by atoms with Crippen molar-refractivity contribution in [1.82, 2.24) is 9.97 Å². The molecule has 2 aromatic rings. The summed E-state index contributed by atoms with van der Waals surface area (Å²) in [6.07, 6.45) is 1.41. The third kappa shape index (κ3) is 3.34. The van der Waals surface area contributed by atoms with Crippen LogP contribution in [0.1, 0.15) is 0 Å². The maximum atomic E-state index is 11.0. The van der Waals surface area contributed by atoms with E-state index >= 15 is 0 Å². The van der Waals surface area contributed by atoms with Crippen LogP contribution < -0.4 is 9.62 Å². The molecule has 8 heteroatoms. The number of thiol groups is 1. The van der Waals surface area contributed by atoms with E-state index in [2.05, 4.69) is 15.3 Å². The van der Waals surface area contributed by atoms with Gasteiger partial charge in [0, 0.05) is 7.05 Å². The van der Waals surface area contributed by atoms with Gasteiger partial charge in [0.15, 0.2) is 5.82 Å². The van der Waals surface area contributed by atoms with Gasteiger partial charge in [-0.15, -0.1) is 0 Å². The van der Waals surface area contributed by atoms with Crippen molar-refractivity contribution in [3.63, 3.8) is 0 Å². The van der Waals surface area contributed by atoms with Crippen LogP contribution in [0.25, 0.3) is 0 Å². The molecule has 0 spiro atoms. The van der Waals surface area contributed by atoms with Crippen molar-refractivity contribution in [2.45, 2.75) is 0 Å². The molecule has 1 N–H and O–H groups in total. The zero-order valence-corrected chi connectivity index (χ0v) is 12.2. The van der Waals surface area contributed by atoms with Crippen molar-refractivity contribution >= 4 is 52.2 Å². The number of para-hydroxylation sites is 2. The maximum absolute atomic E-state index is 11.0. The van der Waals surface area contributed by atoms with Crippen molar-refractivity contribution in [2.75, 3.05) is 16.7 Å². The number of nitrogens with one attached hydrogen (secondary N) is 1. The van der Waals surface area contributed by atoms with Gasteiger partial charge in [0.2, 0.25) is 5.28 Å². The SMILES string of the molecule is CN([SH]=O)c1ccccc1Nc1nc(Cl)ncc1Cl. The lowest BCUT2D eigenvalue weighted by atomic mass is 10.2. The van der Waals surface area contributed by atoms with Crippen LogP contribution in [0.2, 0.25) is 10.3 Å². The number of benzene rings is 1. The first-order chi connectivity index (χ1) is 9.11. The predicted octanol–water partition coefficient (Wildman–Crippen LogP) is 2.82. The predicted molar refractivity (Wildman–Crippen MR) is 79.7 cm³/mol. The van der Waals surface area contributed by atoms with Gasteiger partial charge >= 0.3 is 0 Å². The molecule has 0 saturated heterocycles. The highest BCUT2D eigenvalue weighted by molar-refractivity contribution is 7.67. The lowest BCUT2D eigenvalue weighted by molar-refractivity contribution is 0.693. The van der Waals surface area contributed by atoms with Gasteiger partial charge in [-0.05, 0) is 23.7 Å². The van der Waals surface area contributed by atoms with E-state index in [1.165, 1.54) is 6.20 Å². The summed E-state index contributed by atoms with van der Waals surface area (Å²) in [6, 6.07) is 7.34. The molecule has 0 aliphatic carbocycles. The molecule has 1 aromatic heterocycles.